The minimum absolute atomic E-state index is 0.319. The molecule has 1 saturated heterocycles. The maximum absolute atomic E-state index is 12.1. The van der Waals surface area contributed by atoms with E-state index in [9.17, 15) is 38.2 Å². The number of halogens is 2. The van der Waals surface area contributed by atoms with Crippen LogP contribution in [0.15, 0.2) is 15.8 Å². The molecule has 32 heavy (non-hydrogen) atoms. The Balaban J connectivity index is 2.41. The molecule has 1 aromatic heterocycles. The summed E-state index contributed by atoms with van der Waals surface area (Å²) in [6, 6.07) is 0. The lowest BCUT2D eigenvalue weighted by Crippen LogP contribution is -2.45. The van der Waals surface area contributed by atoms with Crippen LogP contribution in [-0.4, -0.2) is 63.1 Å². The Bertz CT molecular complexity index is 1270. The first-order valence-corrected chi connectivity index (χ1v) is 12.7. The van der Waals surface area contributed by atoms with Crippen LogP contribution in [0.25, 0.3) is 0 Å². The fourth-order valence-corrected chi connectivity index (χ4v) is 5.55. The Morgan fingerprint density at radius 1 is 1.28 bits per heavy atom. The van der Waals surface area contributed by atoms with Crippen molar-refractivity contribution < 1.29 is 59.0 Å². The first kappa shape index (κ1) is 24.2. The normalized spacial score (nSPS) is 30.9. The van der Waals surface area contributed by atoms with E-state index in [0.717, 1.165) is 0 Å². The standard InChI is InChI=1S/C10H12Cl2N3O14P3/c11-2-1-10(12)7(17)5(27-8(10)15-9(18)14-6(16)3-13-15)4-26-31(22,23)29-32(24,25)28-30(19,20)21/h3,5,7-8,17H,4H2,(H,22,23)(H,24,25)(H,14,16,18)(H2,19,20,21)/t5-,7+,8-,10?/m1/s1/i4D2. The van der Waals surface area contributed by atoms with Gasteiger partial charge >= 0.3 is 29.2 Å². The number of aromatic amines is 1. The summed E-state index contributed by atoms with van der Waals surface area (Å²) >= 11 is 11.5. The summed E-state index contributed by atoms with van der Waals surface area (Å²) in [5.41, 5.74) is -2.22. The molecule has 0 aliphatic carbocycles. The summed E-state index contributed by atoms with van der Waals surface area (Å²) in [6.07, 6.45) is -6.20. The van der Waals surface area contributed by atoms with Gasteiger partial charge in [-0.1, -0.05) is 17.5 Å². The Morgan fingerprint density at radius 2 is 1.91 bits per heavy atom. The molecule has 0 saturated carbocycles. The van der Waals surface area contributed by atoms with Crippen molar-refractivity contribution in [1.82, 2.24) is 14.8 Å². The number of aromatic nitrogens is 3. The second-order valence-corrected chi connectivity index (χ2v) is 10.7. The molecule has 6 N–H and O–H groups in total. The zero-order valence-electron chi connectivity index (χ0n) is 16.7. The monoisotopic (exact) mass is 563 g/mol. The Labute approximate surface area is 189 Å². The average molecular weight is 564 g/mol. The fraction of sp³-hybridized carbons (Fsp3) is 0.500. The van der Waals surface area contributed by atoms with Gasteiger partial charge in [0, 0.05) is 5.38 Å². The molecule has 1 aromatic rings. The molecule has 0 amide bonds. The first-order valence-electron chi connectivity index (χ1n) is 8.41. The topological polar surface area (TPSA) is 257 Å². The van der Waals surface area contributed by atoms with E-state index < -0.39 is 64.6 Å². The number of alkyl halides is 1. The molecule has 3 unspecified atom stereocenters. The third-order valence-electron chi connectivity index (χ3n) is 3.25. The number of ether oxygens (including phenoxy) is 1. The van der Waals surface area contributed by atoms with Crippen molar-refractivity contribution in [3.8, 4) is 11.3 Å². The number of aliphatic hydroxyl groups excluding tert-OH is 1. The van der Waals surface area contributed by atoms with Crippen molar-refractivity contribution in [1.29, 1.82) is 0 Å². The van der Waals surface area contributed by atoms with E-state index in [1.165, 1.54) is 0 Å². The van der Waals surface area contributed by atoms with Crippen LogP contribution < -0.4 is 11.2 Å². The van der Waals surface area contributed by atoms with E-state index in [1.807, 2.05) is 5.92 Å². The highest BCUT2D eigenvalue weighted by Gasteiger charge is 2.57. The summed E-state index contributed by atoms with van der Waals surface area (Å²) in [7, 11) is -17.8. The maximum Gasteiger partial charge on any atom is 0.490 e. The summed E-state index contributed by atoms with van der Waals surface area (Å²) in [5.74, 6) is 2.03. The van der Waals surface area contributed by atoms with Crippen LogP contribution in [0.3, 0.4) is 0 Å². The zero-order chi connectivity index (χ0) is 26.3. The van der Waals surface area contributed by atoms with Gasteiger partial charge in [-0.2, -0.15) is 18.4 Å². The molecule has 1 aliphatic rings. The molecule has 2 heterocycles. The number of nitrogens with zero attached hydrogens (tertiary/aromatic N) is 2. The van der Waals surface area contributed by atoms with E-state index in [2.05, 4.69) is 18.2 Å². The minimum atomic E-state index is -6.05. The van der Waals surface area contributed by atoms with Crippen molar-refractivity contribution >= 4 is 46.7 Å². The van der Waals surface area contributed by atoms with Gasteiger partial charge < -0.3 is 29.4 Å². The molecule has 17 nitrogen and oxygen atoms in total. The molecule has 180 valence electrons. The number of hydrogen-bond donors (Lipinski definition) is 6. The van der Waals surface area contributed by atoms with Crippen molar-refractivity contribution in [3.05, 3.63) is 27.0 Å². The molecular weight excluding hydrogens is 550 g/mol. The highest BCUT2D eigenvalue weighted by Crippen LogP contribution is 2.66. The smallest absolute Gasteiger partial charge is 0.387 e. The van der Waals surface area contributed by atoms with Crippen molar-refractivity contribution in [3.63, 3.8) is 0 Å². The van der Waals surface area contributed by atoms with Gasteiger partial charge in [-0.05, 0) is 11.6 Å². The number of aliphatic hydroxyl groups is 1. The van der Waals surface area contributed by atoms with E-state index in [0.29, 0.717) is 10.9 Å². The lowest BCUT2D eigenvalue weighted by Gasteiger charge is -2.24. The van der Waals surface area contributed by atoms with Crippen LogP contribution in [0.4, 0.5) is 0 Å². The molecule has 1 aliphatic heterocycles. The number of phosphoric acid groups is 3. The molecule has 0 radical (unpaired) electrons. The summed E-state index contributed by atoms with van der Waals surface area (Å²) in [4.78, 5) is 58.4. The number of phosphoric ester groups is 1. The summed E-state index contributed by atoms with van der Waals surface area (Å²) < 4.78 is 66.2. The van der Waals surface area contributed by atoms with E-state index in [-0.39, 0.29) is 0 Å². The second-order valence-electron chi connectivity index (χ2n) is 5.53. The second kappa shape index (κ2) is 9.75. The Kier molecular flexibility index (Phi) is 7.38. The van der Waals surface area contributed by atoms with Gasteiger partial charge in [-0.15, -0.1) is 0 Å². The highest BCUT2D eigenvalue weighted by atomic mass is 35.5. The molecule has 6 atom stereocenters. The van der Waals surface area contributed by atoms with Crippen LogP contribution in [0, 0.1) is 11.3 Å². The Hall–Kier alpha value is -0.920. The molecule has 0 aromatic carbocycles. The van der Waals surface area contributed by atoms with Gasteiger partial charge in [0.2, 0.25) is 0 Å². The minimum Gasteiger partial charge on any atom is -0.387 e. The number of hydrogen-bond acceptors (Lipinski definition) is 11. The predicted octanol–water partition coefficient (Wildman–Crippen LogP) is -1.29. The van der Waals surface area contributed by atoms with Gasteiger partial charge in [0.05, 0.1) is 9.30 Å². The van der Waals surface area contributed by atoms with E-state index >= 15 is 0 Å². The van der Waals surface area contributed by atoms with Crippen molar-refractivity contribution in [2.24, 2.45) is 0 Å². The lowest BCUT2D eigenvalue weighted by atomic mass is 10.00. The third-order valence-corrected chi connectivity index (χ3v) is 7.51. The lowest BCUT2D eigenvalue weighted by molar-refractivity contribution is -0.0504. The summed E-state index contributed by atoms with van der Waals surface area (Å²) in [6.45, 7) is -3.67. The van der Waals surface area contributed by atoms with Gasteiger partial charge in [-0.3, -0.25) is 14.3 Å². The van der Waals surface area contributed by atoms with Crippen LogP contribution >= 0.6 is 46.7 Å². The van der Waals surface area contributed by atoms with Gasteiger partial charge in [-0.25, -0.2) is 18.5 Å². The maximum atomic E-state index is 12.1. The van der Waals surface area contributed by atoms with Gasteiger partial charge in [0.25, 0.3) is 5.56 Å². The van der Waals surface area contributed by atoms with Gasteiger partial charge in [0.15, 0.2) is 11.1 Å². The fourth-order valence-electron chi connectivity index (χ4n) is 2.16. The number of nitrogens with one attached hydrogen (secondary N) is 1. The van der Waals surface area contributed by atoms with Crippen LogP contribution in [0.1, 0.15) is 8.97 Å². The van der Waals surface area contributed by atoms with Crippen molar-refractivity contribution in [2.75, 3.05) is 6.56 Å². The largest absolute Gasteiger partial charge is 0.490 e. The van der Waals surface area contributed by atoms with E-state index in [1.54, 1.807) is 10.4 Å². The highest BCUT2D eigenvalue weighted by molar-refractivity contribution is 7.66. The van der Waals surface area contributed by atoms with Crippen LogP contribution in [0.2, 0.25) is 0 Å². The van der Waals surface area contributed by atoms with Crippen LogP contribution in [0.5, 0.6) is 0 Å². The zero-order valence-corrected chi connectivity index (χ0v) is 18.9. The molecule has 0 spiro atoms. The Morgan fingerprint density at radius 3 is 2.44 bits per heavy atom. The number of H-pyrrole nitrogens is 1. The average Bonchev–Trinajstić information content (AvgIpc) is 2.83. The molecule has 0 bridgehead atoms. The number of rotatable bonds is 8. The summed E-state index contributed by atoms with van der Waals surface area (Å²) in [5, 5.41) is 15.7. The van der Waals surface area contributed by atoms with Crippen LogP contribution in [-0.2, 0) is 31.6 Å². The molecule has 2 rings (SSSR count). The van der Waals surface area contributed by atoms with Crippen molar-refractivity contribution in [2.45, 2.75) is 23.3 Å². The predicted molar refractivity (Wildman–Crippen MR) is 101 cm³/mol. The first-order chi connectivity index (χ1) is 15.2. The van der Waals surface area contributed by atoms with E-state index in [4.69, 9.17) is 40.5 Å². The van der Waals surface area contributed by atoms with Gasteiger partial charge in [0.1, 0.15) is 18.4 Å². The molecule has 1 fully saturated rings. The molecule has 22 heteroatoms. The third kappa shape index (κ3) is 6.80. The quantitative estimate of drug-likeness (QED) is 0.122. The molecular formula is C10H12Cl2N3O14P3. The SMILES string of the molecule is [2H]C([2H])(OP(=O)(O)OP(=O)(O)OP(=O)(O)O)[C@H]1O[C@@H](n2ncc(=O)[nH]c2=O)C(Cl)(C#CCl)[C@H]1O.